The molecule has 0 aliphatic carbocycles. The Hall–Kier alpha value is -4.55. The first-order valence-corrected chi connectivity index (χ1v) is 15.0. The summed E-state index contributed by atoms with van der Waals surface area (Å²) in [4.78, 5) is 55.3. The minimum Gasteiger partial charge on any atom is -0.494 e. The van der Waals surface area contributed by atoms with Crippen LogP contribution in [0.5, 0.6) is 5.75 Å². The van der Waals surface area contributed by atoms with Crippen molar-refractivity contribution in [3.8, 4) is 5.75 Å². The number of hydrogen-bond donors (Lipinski definition) is 4. The van der Waals surface area contributed by atoms with E-state index in [2.05, 4.69) is 36.2 Å². The molecule has 3 atom stereocenters. The SMILES string of the molecule is CN[C@@H](C)C(=O)N[C@H](C(=O)N1CCC[C@H]1C(=O)Nc1cc2c(Nc3cccc4ncccc34)ncnc2cc1OC)C(C)(C)C.Cl. The number of benzene rings is 2. The molecule has 1 saturated heterocycles. The van der Waals surface area contributed by atoms with Gasteiger partial charge in [0, 0.05) is 35.3 Å². The highest BCUT2D eigenvalue weighted by Crippen LogP contribution is 2.35. The summed E-state index contributed by atoms with van der Waals surface area (Å²) in [6.45, 7) is 7.83. The van der Waals surface area contributed by atoms with Gasteiger partial charge in [-0.25, -0.2) is 9.97 Å². The van der Waals surface area contributed by atoms with E-state index in [-0.39, 0.29) is 30.1 Å². The highest BCUT2D eigenvalue weighted by Gasteiger charge is 2.42. The van der Waals surface area contributed by atoms with E-state index in [4.69, 9.17) is 4.74 Å². The number of likely N-dealkylation sites (tertiary alicyclic amines) is 1. The number of nitrogens with one attached hydrogen (secondary N) is 4. The molecule has 12 nitrogen and oxygen atoms in total. The second kappa shape index (κ2) is 14.3. The van der Waals surface area contributed by atoms with Crippen molar-refractivity contribution in [1.29, 1.82) is 0 Å². The van der Waals surface area contributed by atoms with Gasteiger partial charge in [0.2, 0.25) is 17.7 Å². The van der Waals surface area contributed by atoms with Crippen molar-refractivity contribution in [2.75, 3.05) is 31.3 Å². The van der Waals surface area contributed by atoms with Crippen molar-refractivity contribution in [2.24, 2.45) is 5.41 Å². The molecule has 4 aromatic rings. The molecule has 46 heavy (non-hydrogen) atoms. The maximum atomic E-state index is 13.9. The Bertz CT molecular complexity index is 1740. The van der Waals surface area contributed by atoms with E-state index in [0.717, 1.165) is 16.6 Å². The maximum Gasteiger partial charge on any atom is 0.247 e. The van der Waals surface area contributed by atoms with Crippen molar-refractivity contribution in [3.05, 3.63) is 55.0 Å². The lowest BCUT2D eigenvalue weighted by atomic mass is 9.85. The number of amides is 3. The zero-order valence-electron chi connectivity index (χ0n) is 26.9. The van der Waals surface area contributed by atoms with Gasteiger partial charge >= 0.3 is 0 Å². The summed E-state index contributed by atoms with van der Waals surface area (Å²) in [6, 6.07) is 11.2. The van der Waals surface area contributed by atoms with Crippen molar-refractivity contribution in [1.82, 2.24) is 30.5 Å². The standard InChI is InChI=1S/C33H40N8O4.ClH/c1-19(34-5)30(42)40-28(33(2,3)4)32(44)41-15-9-13-26(41)31(43)39-25-16-21-24(17-27(25)45-6)36-18-37-29(21)38-23-12-7-11-22-20(23)10-8-14-35-22;/h7-8,10-12,14,16-19,26,28,34H,9,13,15H2,1-6H3,(H,39,43)(H,40,42)(H,36,37,38);1H/t19-,26-,28+;/m0./s1. The van der Waals surface area contributed by atoms with Crippen molar-refractivity contribution < 1.29 is 19.1 Å². The number of likely N-dealkylation sites (N-methyl/N-ethyl adjacent to an activating group) is 1. The van der Waals surface area contributed by atoms with Crippen molar-refractivity contribution in [2.45, 2.75) is 58.7 Å². The summed E-state index contributed by atoms with van der Waals surface area (Å²) in [6.07, 6.45) is 4.38. The van der Waals surface area contributed by atoms with Gasteiger partial charge in [0.15, 0.2) is 0 Å². The number of methoxy groups -OCH3 is 1. The quantitative estimate of drug-likeness (QED) is 0.207. The lowest BCUT2D eigenvalue weighted by molar-refractivity contribution is -0.143. The van der Waals surface area contributed by atoms with Crippen LogP contribution in [-0.2, 0) is 14.4 Å². The Morgan fingerprint density at radius 3 is 2.50 bits per heavy atom. The summed E-state index contributed by atoms with van der Waals surface area (Å²) in [5.41, 5.74) is 2.14. The normalized spacial score (nSPS) is 16.0. The molecule has 4 N–H and O–H groups in total. The molecule has 244 valence electrons. The number of ether oxygens (including phenoxy) is 1. The number of hydrogen-bond acceptors (Lipinski definition) is 9. The molecule has 13 heteroatoms. The number of fused-ring (bicyclic) bond motifs is 2. The fourth-order valence-electron chi connectivity index (χ4n) is 5.52. The second-order valence-electron chi connectivity index (χ2n) is 12.3. The minimum absolute atomic E-state index is 0. The number of carbonyl (C=O) groups is 3. The molecule has 1 fully saturated rings. The van der Waals surface area contributed by atoms with Gasteiger partial charge in [0.05, 0.1) is 29.9 Å². The number of rotatable bonds is 9. The monoisotopic (exact) mass is 648 g/mol. The Balaban J connectivity index is 0.00000480. The van der Waals surface area contributed by atoms with Gasteiger partial charge in [-0.05, 0) is 62.6 Å². The van der Waals surface area contributed by atoms with Gasteiger partial charge in [0.1, 0.15) is 30.0 Å². The van der Waals surface area contributed by atoms with Crippen LogP contribution in [0.2, 0.25) is 0 Å². The third kappa shape index (κ3) is 7.13. The van der Waals surface area contributed by atoms with E-state index in [1.807, 2.05) is 51.1 Å². The van der Waals surface area contributed by atoms with Crippen LogP contribution in [0.15, 0.2) is 55.0 Å². The Kier molecular flexibility index (Phi) is 10.6. The number of aromatic nitrogens is 3. The minimum atomic E-state index is -0.806. The third-order valence-corrected chi connectivity index (χ3v) is 8.18. The first-order valence-electron chi connectivity index (χ1n) is 15.0. The van der Waals surface area contributed by atoms with Gasteiger partial charge < -0.3 is 30.9 Å². The number of pyridine rings is 1. The molecular formula is C33H41ClN8O4. The molecule has 3 amide bonds. The van der Waals surface area contributed by atoms with E-state index < -0.39 is 23.5 Å². The molecule has 0 unspecified atom stereocenters. The highest BCUT2D eigenvalue weighted by molar-refractivity contribution is 6.04. The molecule has 2 aromatic carbocycles. The fraction of sp³-hybridized carbons (Fsp3) is 0.394. The van der Waals surface area contributed by atoms with Gasteiger partial charge in [-0.2, -0.15) is 0 Å². The predicted molar refractivity (Wildman–Crippen MR) is 182 cm³/mol. The number of nitrogens with zero attached hydrogens (tertiary/aromatic N) is 4. The number of anilines is 3. The van der Waals surface area contributed by atoms with Gasteiger partial charge in [-0.1, -0.05) is 26.8 Å². The summed E-state index contributed by atoms with van der Waals surface area (Å²) in [5, 5.41) is 13.8. The molecule has 1 aliphatic rings. The van der Waals surface area contributed by atoms with Crippen molar-refractivity contribution >= 4 is 69.1 Å². The molecule has 0 bridgehead atoms. The lowest BCUT2D eigenvalue weighted by Gasteiger charge is -2.36. The molecule has 0 saturated carbocycles. The van der Waals surface area contributed by atoms with E-state index in [0.29, 0.717) is 47.5 Å². The zero-order chi connectivity index (χ0) is 32.3. The second-order valence-corrected chi connectivity index (χ2v) is 12.3. The Labute approximate surface area is 274 Å². The van der Waals surface area contributed by atoms with E-state index in [1.54, 1.807) is 37.2 Å². The van der Waals surface area contributed by atoms with Crippen LogP contribution in [0.3, 0.4) is 0 Å². The predicted octanol–water partition coefficient (Wildman–Crippen LogP) is 4.42. The first kappa shape index (κ1) is 34.3. The first-order chi connectivity index (χ1) is 21.5. The molecule has 3 heterocycles. The summed E-state index contributed by atoms with van der Waals surface area (Å²) in [7, 11) is 3.21. The van der Waals surface area contributed by atoms with Gasteiger partial charge in [-0.15, -0.1) is 12.4 Å². The van der Waals surface area contributed by atoms with E-state index >= 15 is 0 Å². The average molecular weight is 649 g/mol. The topological polar surface area (TPSA) is 150 Å². The Morgan fingerprint density at radius 1 is 1.00 bits per heavy atom. The third-order valence-electron chi connectivity index (χ3n) is 8.18. The van der Waals surface area contributed by atoms with Gasteiger partial charge in [-0.3, -0.25) is 19.4 Å². The highest BCUT2D eigenvalue weighted by atomic mass is 35.5. The maximum absolute atomic E-state index is 13.9. The molecule has 0 spiro atoms. The summed E-state index contributed by atoms with van der Waals surface area (Å²) in [5.74, 6) is 0.0657. The van der Waals surface area contributed by atoms with Crippen LogP contribution in [0.25, 0.3) is 21.8 Å². The van der Waals surface area contributed by atoms with Crippen LogP contribution in [0.4, 0.5) is 17.2 Å². The van der Waals surface area contributed by atoms with E-state index in [1.165, 1.54) is 13.4 Å². The van der Waals surface area contributed by atoms with Gasteiger partial charge in [0.25, 0.3) is 0 Å². The Morgan fingerprint density at radius 2 is 1.78 bits per heavy atom. The van der Waals surface area contributed by atoms with E-state index in [9.17, 15) is 14.4 Å². The van der Waals surface area contributed by atoms with Crippen LogP contribution >= 0.6 is 12.4 Å². The van der Waals surface area contributed by atoms with Crippen molar-refractivity contribution in [3.63, 3.8) is 0 Å². The van der Waals surface area contributed by atoms with Crippen LogP contribution < -0.4 is 26.0 Å². The van der Waals surface area contributed by atoms with Crippen LogP contribution in [0.1, 0.15) is 40.5 Å². The summed E-state index contributed by atoms with van der Waals surface area (Å²) >= 11 is 0. The average Bonchev–Trinajstić information content (AvgIpc) is 3.53. The molecule has 2 aromatic heterocycles. The lowest BCUT2D eigenvalue weighted by Crippen LogP contribution is -2.59. The van der Waals surface area contributed by atoms with Crippen LogP contribution in [0, 0.1) is 5.41 Å². The number of carbonyl (C=O) groups excluding carboxylic acids is 3. The fourth-order valence-corrected chi connectivity index (χ4v) is 5.52. The van der Waals surface area contributed by atoms with Crippen LogP contribution in [-0.4, -0.2) is 76.4 Å². The summed E-state index contributed by atoms with van der Waals surface area (Å²) < 4.78 is 5.63. The number of halogens is 1. The molecule has 1 aliphatic heterocycles. The molecule has 0 radical (unpaired) electrons. The molecule has 5 rings (SSSR count). The zero-order valence-corrected chi connectivity index (χ0v) is 27.7. The smallest absolute Gasteiger partial charge is 0.247 e. The largest absolute Gasteiger partial charge is 0.494 e. The molecular weight excluding hydrogens is 608 g/mol.